The summed E-state index contributed by atoms with van der Waals surface area (Å²) in [7, 11) is 0. The van der Waals surface area contributed by atoms with Crippen LogP contribution in [-0.4, -0.2) is 4.98 Å². The first-order valence-electron chi connectivity index (χ1n) is 7.83. The van der Waals surface area contributed by atoms with Crippen molar-refractivity contribution in [3.8, 4) is 11.6 Å². The summed E-state index contributed by atoms with van der Waals surface area (Å²) in [6.07, 6.45) is 1.85. The normalized spacial score (nSPS) is 12.3. The smallest absolute Gasteiger partial charge is 0.223 e. The third kappa shape index (κ3) is 3.68. The second kappa shape index (κ2) is 5.75. The van der Waals surface area contributed by atoms with Crippen LogP contribution in [0.4, 0.5) is 0 Å². The second-order valence-electron chi connectivity index (χ2n) is 7.95. The third-order valence-corrected chi connectivity index (χ3v) is 3.71. The Morgan fingerprint density at radius 1 is 0.818 bits per heavy atom. The Morgan fingerprint density at radius 3 is 1.91 bits per heavy atom. The van der Waals surface area contributed by atoms with E-state index in [4.69, 9.17) is 4.74 Å². The van der Waals surface area contributed by atoms with E-state index in [1.807, 2.05) is 18.3 Å². The minimum absolute atomic E-state index is 0.0308. The molecule has 1 aromatic heterocycles. The first kappa shape index (κ1) is 16.5. The number of pyridine rings is 1. The van der Waals surface area contributed by atoms with Gasteiger partial charge in [-0.1, -0.05) is 59.2 Å². The summed E-state index contributed by atoms with van der Waals surface area (Å²) in [5.41, 5.74) is 3.72. The Hall–Kier alpha value is -1.83. The molecule has 0 amide bonds. The van der Waals surface area contributed by atoms with Gasteiger partial charge in [-0.3, -0.25) is 0 Å². The van der Waals surface area contributed by atoms with Crippen LogP contribution in [0.2, 0.25) is 0 Å². The first-order chi connectivity index (χ1) is 10.1. The molecule has 2 heteroatoms. The lowest BCUT2D eigenvalue weighted by molar-refractivity contribution is 0.426. The average Bonchev–Trinajstić information content (AvgIpc) is 2.39. The van der Waals surface area contributed by atoms with Gasteiger partial charge in [0.1, 0.15) is 5.75 Å². The van der Waals surface area contributed by atoms with E-state index in [9.17, 15) is 0 Å². The number of hydrogen-bond donors (Lipinski definition) is 0. The van der Waals surface area contributed by atoms with Crippen molar-refractivity contribution >= 4 is 0 Å². The molecule has 2 aromatic rings. The summed E-state index contributed by atoms with van der Waals surface area (Å²) in [4.78, 5) is 4.51. The zero-order valence-corrected chi connectivity index (χ0v) is 14.8. The van der Waals surface area contributed by atoms with Gasteiger partial charge in [-0.25, -0.2) is 4.98 Å². The summed E-state index contributed by atoms with van der Waals surface area (Å²) in [5, 5.41) is 0. The maximum absolute atomic E-state index is 6.12. The van der Waals surface area contributed by atoms with Gasteiger partial charge in [-0.15, -0.1) is 0 Å². The highest BCUT2D eigenvalue weighted by Crippen LogP contribution is 2.39. The van der Waals surface area contributed by atoms with Crippen molar-refractivity contribution in [1.29, 1.82) is 0 Å². The lowest BCUT2D eigenvalue weighted by Gasteiger charge is -2.31. The van der Waals surface area contributed by atoms with Crippen LogP contribution in [0.25, 0.3) is 0 Å². The first-order valence-corrected chi connectivity index (χ1v) is 7.83. The molecule has 118 valence electrons. The van der Waals surface area contributed by atoms with Crippen molar-refractivity contribution in [1.82, 2.24) is 4.98 Å². The molecule has 1 heterocycles. The maximum Gasteiger partial charge on any atom is 0.223 e. The van der Waals surface area contributed by atoms with Gasteiger partial charge in [0.2, 0.25) is 5.88 Å². The molecule has 0 radical (unpaired) electrons. The van der Waals surface area contributed by atoms with Crippen LogP contribution in [0.5, 0.6) is 11.6 Å². The zero-order valence-electron chi connectivity index (χ0n) is 14.8. The highest BCUT2D eigenvalue weighted by Gasteiger charge is 2.29. The molecule has 0 fully saturated rings. The molecule has 2 nitrogen and oxygen atoms in total. The molecule has 0 aliphatic rings. The van der Waals surface area contributed by atoms with Crippen molar-refractivity contribution in [3.05, 3.63) is 53.2 Å². The van der Waals surface area contributed by atoms with Gasteiger partial charge in [0, 0.05) is 11.8 Å². The Balaban J connectivity index is 2.54. The summed E-state index contributed by atoms with van der Waals surface area (Å²) < 4.78 is 6.12. The van der Waals surface area contributed by atoms with E-state index in [0.717, 1.165) is 5.75 Å². The number of aryl methyl sites for hydroxylation is 1. The maximum atomic E-state index is 6.12. The van der Waals surface area contributed by atoms with Gasteiger partial charge >= 0.3 is 0 Å². The average molecular weight is 297 g/mol. The van der Waals surface area contributed by atoms with Crippen molar-refractivity contribution in [2.75, 3.05) is 0 Å². The fraction of sp³-hybridized carbons (Fsp3) is 0.450. The van der Waals surface area contributed by atoms with E-state index in [-0.39, 0.29) is 10.8 Å². The molecule has 1 aromatic carbocycles. The quantitative estimate of drug-likeness (QED) is 0.701. The predicted octanol–water partition coefficient (Wildman–Crippen LogP) is 5.78. The summed E-state index contributed by atoms with van der Waals surface area (Å²) in [6, 6.07) is 10.2. The number of ether oxygens (including phenoxy) is 1. The third-order valence-electron chi connectivity index (χ3n) is 3.71. The van der Waals surface area contributed by atoms with Gasteiger partial charge in [-0.05, 0) is 41.5 Å². The Morgan fingerprint density at radius 2 is 1.41 bits per heavy atom. The molecule has 0 bridgehead atoms. The Bertz CT molecular complexity index is 643. The van der Waals surface area contributed by atoms with Crippen molar-refractivity contribution in [2.45, 2.75) is 59.3 Å². The number of nitrogens with zero attached hydrogens (tertiary/aromatic N) is 1. The molecule has 0 saturated carbocycles. The molecule has 0 saturated heterocycles. The summed E-state index contributed by atoms with van der Waals surface area (Å²) >= 11 is 0. The SMILES string of the molecule is Cc1ccc(Oc2nccc(C(C)(C)C)c2C(C)(C)C)cc1. The summed E-state index contributed by atoms with van der Waals surface area (Å²) in [6.45, 7) is 15.4. The van der Waals surface area contributed by atoms with Crippen LogP contribution in [0.3, 0.4) is 0 Å². The highest BCUT2D eigenvalue weighted by atomic mass is 16.5. The van der Waals surface area contributed by atoms with Crippen LogP contribution in [0.1, 0.15) is 58.2 Å². The number of benzene rings is 1. The molecule has 22 heavy (non-hydrogen) atoms. The molecule has 0 N–H and O–H groups in total. The number of hydrogen-bond acceptors (Lipinski definition) is 2. The fourth-order valence-corrected chi connectivity index (χ4v) is 2.59. The lowest BCUT2D eigenvalue weighted by Crippen LogP contribution is -2.23. The largest absolute Gasteiger partial charge is 0.439 e. The fourth-order valence-electron chi connectivity index (χ4n) is 2.59. The van der Waals surface area contributed by atoms with Gasteiger partial charge in [-0.2, -0.15) is 0 Å². The van der Waals surface area contributed by atoms with Crippen molar-refractivity contribution < 1.29 is 4.74 Å². The topological polar surface area (TPSA) is 22.1 Å². The van der Waals surface area contributed by atoms with E-state index < -0.39 is 0 Å². The van der Waals surface area contributed by atoms with E-state index >= 15 is 0 Å². The van der Waals surface area contributed by atoms with Crippen LogP contribution in [0.15, 0.2) is 36.5 Å². The molecular formula is C20H27NO. The summed E-state index contributed by atoms with van der Waals surface area (Å²) in [5.74, 6) is 1.54. The number of rotatable bonds is 2. The number of aromatic nitrogens is 1. The molecule has 0 atom stereocenters. The molecule has 0 aliphatic carbocycles. The van der Waals surface area contributed by atoms with Crippen LogP contribution in [0, 0.1) is 6.92 Å². The highest BCUT2D eigenvalue weighted by molar-refractivity contribution is 5.45. The van der Waals surface area contributed by atoms with E-state index in [2.05, 4.69) is 71.6 Å². The van der Waals surface area contributed by atoms with E-state index in [1.165, 1.54) is 16.7 Å². The minimum atomic E-state index is -0.0308. The van der Waals surface area contributed by atoms with Gasteiger partial charge in [0.25, 0.3) is 0 Å². The molecule has 0 aliphatic heterocycles. The van der Waals surface area contributed by atoms with Crippen LogP contribution in [-0.2, 0) is 10.8 Å². The second-order valence-corrected chi connectivity index (χ2v) is 7.95. The molecule has 2 rings (SSSR count). The molecule has 0 unspecified atom stereocenters. The molecule has 0 spiro atoms. The van der Waals surface area contributed by atoms with E-state index in [1.54, 1.807) is 0 Å². The lowest BCUT2D eigenvalue weighted by atomic mass is 9.76. The standard InChI is InChI=1S/C20H27NO/c1-14-8-10-15(11-9-14)22-18-17(20(5,6)7)16(12-13-21-18)19(2,3)4/h8-13H,1-7H3. The Labute approximate surface area is 134 Å². The van der Waals surface area contributed by atoms with Crippen molar-refractivity contribution in [3.63, 3.8) is 0 Å². The Kier molecular flexibility index (Phi) is 4.32. The molecular weight excluding hydrogens is 270 g/mol. The van der Waals surface area contributed by atoms with Gasteiger partial charge < -0.3 is 4.74 Å². The van der Waals surface area contributed by atoms with Crippen molar-refractivity contribution in [2.24, 2.45) is 0 Å². The van der Waals surface area contributed by atoms with Crippen LogP contribution >= 0.6 is 0 Å². The zero-order chi connectivity index (χ0) is 16.5. The van der Waals surface area contributed by atoms with Gasteiger partial charge in [0.05, 0.1) is 0 Å². The van der Waals surface area contributed by atoms with Gasteiger partial charge in [0.15, 0.2) is 0 Å². The van der Waals surface area contributed by atoms with E-state index in [0.29, 0.717) is 5.88 Å². The predicted molar refractivity (Wildman–Crippen MR) is 92.9 cm³/mol. The van der Waals surface area contributed by atoms with Crippen LogP contribution < -0.4 is 4.74 Å². The minimum Gasteiger partial charge on any atom is -0.439 e. The monoisotopic (exact) mass is 297 g/mol.